The van der Waals surface area contributed by atoms with Gasteiger partial charge in [0.05, 0.1) is 24.1 Å². The van der Waals surface area contributed by atoms with Crippen LogP contribution in [0.3, 0.4) is 0 Å². The van der Waals surface area contributed by atoms with E-state index in [1.54, 1.807) is 30.3 Å². The first-order valence-corrected chi connectivity index (χ1v) is 8.88. The highest BCUT2D eigenvalue weighted by atomic mass is 35.5. The van der Waals surface area contributed by atoms with E-state index >= 15 is 0 Å². The number of hydrogen-bond donors (Lipinski definition) is 2. The average molecular weight is 439 g/mol. The molecule has 1 aromatic carbocycles. The van der Waals surface area contributed by atoms with Gasteiger partial charge in [0.1, 0.15) is 5.56 Å². The summed E-state index contributed by atoms with van der Waals surface area (Å²) in [6.07, 6.45) is -4.85. The SMILES string of the molecule is O=C(NCC(O)C(F)(F)F)c1cc(-c2ccc(Cl)cc2)nn(-c2cccnc2)c1=O. The molecule has 3 aromatic rings. The number of pyridine rings is 1. The Hall–Kier alpha value is -3.24. The summed E-state index contributed by atoms with van der Waals surface area (Å²) in [5.41, 5.74) is -0.339. The topological polar surface area (TPSA) is 97.1 Å². The molecule has 156 valence electrons. The lowest BCUT2D eigenvalue weighted by atomic mass is 10.1. The second-order valence-electron chi connectivity index (χ2n) is 6.15. The van der Waals surface area contributed by atoms with Gasteiger partial charge in [-0.05, 0) is 30.3 Å². The Morgan fingerprint density at radius 3 is 2.53 bits per heavy atom. The quantitative estimate of drug-likeness (QED) is 0.638. The summed E-state index contributed by atoms with van der Waals surface area (Å²) < 4.78 is 38.4. The molecule has 0 saturated carbocycles. The van der Waals surface area contributed by atoms with Crippen LogP contribution in [0.4, 0.5) is 13.2 Å². The summed E-state index contributed by atoms with van der Waals surface area (Å²) in [7, 11) is 0. The number of aliphatic hydroxyl groups is 1. The Balaban J connectivity index is 2.05. The first-order chi connectivity index (χ1) is 14.2. The van der Waals surface area contributed by atoms with Gasteiger partial charge in [-0.25, -0.2) is 0 Å². The summed E-state index contributed by atoms with van der Waals surface area (Å²) in [6, 6.07) is 10.6. The molecule has 0 radical (unpaired) electrons. The van der Waals surface area contributed by atoms with Crippen LogP contribution in [0.1, 0.15) is 10.4 Å². The maximum absolute atomic E-state index is 12.8. The molecular formula is C19H14ClF3N4O3. The number of nitrogens with one attached hydrogen (secondary N) is 1. The van der Waals surface area contributed by atoms with Crippen LogP contribution in [-0.4, -0.2) is 44.6 Å². The Kier molecular flexibility index (Phi) is 6.18. The van der Waals surface area contributed by atoms with E-state index in [2.05, 4.69) is 10.1 Å². The van der Waals surface area contributed by atoms with Gasteiger partial charge in [0.25, 0.3) is 11.5 Å². The summed E-state index contributed by atoms with van der Waals surface area (Å²) in [6.45, 7) is -1.10. The fraction of sp³-hybridized carbons (Fsp3) is 0.158. The zero-order valence-electron chi connectivity index (χ0n) is 15.1. The predicted octanol–water partition coefficient (Wildman–Crippen LogP) is 2.60. The van der Waals surface area contributed by atoms with Crippen LogP contribution in [0.2, 0.25) is 5.02 Å². The van der Waals surface area contributed by atoms with Gasteiger partial charge in [-0.3, -0.25) is 14.6 Å². The summed E-state index contributed by atoms with van der Waals surface area (Å²) in [4.78, 5) is 29.1. The molecule has 3 rings (SSSR count). The van der Waals surface area contributed by atoms with Crippen molar-refractivity contribution in [2.75, 3.05) is 6.54 Å². The highest BCUT2D eigenvalue weighted by Crippen LogP contribution is 2.21. The van der Waals surface area contributed by atoms with E-state index < -0.39 is 35.9 Å². The molecule has 1 atom stereocenters. The first-order valence-electron chi connectivity index (χ1n) is 8.50. The van der Waals surface area contributed by atoms with E-state index in [9.17, 15) is 22.8 Å². The van der Waals surface area contributed by atoms with Crippen molar-refractivity contribution in [3.05, 3.63) is 75.8 Å². The summed E-state index contributed by atoms with van der Waals surface area (Å²) in [5, 5.41) is 15.7. The van der Waals surface area contributed by atoms with Crippen LogP contribution in [-0.2, 0) is 0 Å². The second kappa shape index (κ2) is 8.64. The summed E-state index contributed by atoms with van der Waals surface area (Å²) in [5.74, 6) is -1.08. The molecule has 11 heteroatoms. The molecule has 0 aliphatic carbocycles. The normalized spacial score (nSPS) is 12.4. The van der Waals surface area contributed by atoms with Crippen LogP contribution in [0.15, 0.2) is 59.7 Å². The maximum Gasteiger partial charge on any atom is 0.416 e. The Morgan fingerprint density at radius 2 is 1.93 bits per heavy atom. The lowest BCUT2D eigenvalue weighted by molar-refractivity contribution is -0.201. The van der Waals surface area contributed by atoms with Gasteiger partial charge < -0.3 is 10.4 Å². The lowest BCUT2D eigenvalue weighted by Crippen LogP contribution is -2.42. The van der Waals surface area contributed by atoms with Crippen molar-refractivity contribution in [3.8, 4) is 16.9 Å². The third-order valence-corrected chi connectivity index (χ3v) is 4.27. The number of alkyl halides is 3. The molecule has 0 aliphatic heterocycles. The third-order valence-electron chi connectivity index (χ3n) is 4.02. The molecule has 0 spiro atoms. The predicted molar refractivity (Wildman–Crippen MR) is 102 cm³/mol. The molecule has 0 saturated heterocycles. The van der Waals surface area contributed by atoms with Crippen LogP contribution in [0.25, 0.3) is 16.9 Å². The van der Waals surface area contributed by atoms with Gasteiger partial charge in [-0.2, -0.15) is 23.0 Å². The van der Waals surface area contributed by atoms with Crippen molar-refractivity contribution >= 4 is 17.5 Å². The number of amides is 1. The molecule has 7 nitrogen and oxygen atoms in total. The Morgan fingerprint density at radius 1 is 1.23 bits per heavy atom. The average Bonchev–Trinajstić information content (AvgIpc) is 2.72. The molecule has 2 N–H and O–H groups in total. The lowest BCUT2D eigenvalue weighted by Gasteiger charge is -2.15. The zero-order valence-corrected chi connectivity index (χ0v) is 15.9. The minimum absolute atomic E-state index is 0.205. The third kappa shape index (κ3) is 4.84. The molecule has 0 fully saturated rings. The van der Waals surface area contributed by atoms with E-state index in [4.69, 9.17) is 16.7 Å². The van der Waals surface area contributed by atoms with E-state index in [0.717, 1.165) is 10.7 Å². The highest BCUT2D eigenvalue weighted by Gasteiger charge is 2.38. The molecular weight excluding hydrogens is 425 g/mol. The first kappa shape index (κ1) is 21.5. The number of aliphatic hydroxyl groups excluding tert-OH is 1. The van der Waals surface area contributed by atoms with E-state index in [0.29, 0.717) is 10.6 Å². The number of rotatable bonds is 5. The summed E-state index contributed by atoms with van der Waals surface area (Å²) >= 11 is 5.88. The zero-order chi connectivity index (χ0) is 21.9. The van der Waals surface area contributed by atoms with Crippen molar-refractivity contribution in [1.82, 2.24) is 20.1 Å². The van der Waals surface area contributed by atoms with Gasteiger partial charge >= 0.3 is 6.18 Å². The minimum Gasteiger partial charge on any atom is -0.382 e. The molecule has 0 aliphatic rings. The van der Waals surface area contributed by atoms with Gasteiger partial charge in [0.2, 0.25) is 0 Å². The van der Waals surface area contributed by atoms with E-state index in [-0.39, 0.29) is 11.4 Å². The Bertz CT molecular complexity index is 1100. The van der Waals surface area contributed by atoms with E-state index in [1.807, 2.05) is 5.32 Å². The molecule has 1 unspecified atom stereocenters. The molecule has 0 bridgehead atoms. The highest BCUT2D eigenvalue weighted by molar-refractivity contribution is 6.30. The number of carbonyl (C=O) groups excluding carboxylic acids is 1. The smallest absolute Gasteiger partial charge is 0.382 e. The number of halogens is 4. The Labute approximate surface area is 172 Å². The van der Waals surface area contributed by atoms with Crippen molar-refractivity contribution < 1.29 is 23.1 Å². The minimum atomic E-state index is -4.91. The van der Waals surface area contributed by atoms with Crippen LogP contribution in [0, 0.1) is 0 Å². The number of benzene rings is 1. The van der Waals surface area contributed by atoms with E-state index in [1.165, 1.54) is 18.5 Å². The number of carbonyl (C=O) groups is 1. The molecule has 2 heterocycles. The van der Waals surface area contributed by atoms with Crippen molar-refractivity contribution in [1.29, 1.82) is 0 Å². The van der Waals surface area contributed by atoms with Gasteiger partial charge in [0.15, 0.2) is 6.10 Å². The molecule has 2 aromatic heterocycles. The van der Waals surface area contributed by atoms with Crippen LogP contribution in [0.5, 0.6) is 0 Å². The molecule has 30 heavy (non-hydrogen) atoms. The van der Waals surface area contributed by atoms with Gasteiger partial charge in [0, 0.05) is 16.8 Å². The second-order valence-corrected chi connectivity index (χ2v) is 6.58. The van der Waals surface area contributed by atoms with Crippen LogP contribution >= 0.6 is 11.6 Å². The van der Waals surface area contributed by atoms with Gasteiger partial charge in [-0.1, -0.05) is 23.7 Å². The molecule has 1 amide bonds. The van der Waals surface area contributed by atoms with Crippen molar-refractivity contribution in [3.63, 3.8) is 0 Å². The maximum atomic E-state index is 12.8. The fourth-order valence-corrected chi connectivity index (χ4v) is 2.60. The van der Waals surface area contributed by atoms with Crippen molar-refractivity contribution in [2.24, 2.45) is 0 Å². The largest absolute Gasteiger partial charge is 0.416 e. The number of nitrogens with zero attached hydrogens (tertiary/aromatic N) is 3. The standard InChI is InChI=1S/C19H14ClF3N4O3/c20-12-5-3-11(4-6-12)15-8-14(17(29)25-10-16(28)19(21,22)23)18(30)27(26-15)13-2-1-7-24-9-13/h1-9,16,28H,10H2,(H,25,29). The monoisotopic (exact) mass is 438 g/mol. The fourth-order valence-electron chi connectivity index (χ4n) is 2.47. The van der Waals surface area contributed by atoms with Crippen LogP contribution < -0.4 is 10.9 Å². The number of hydrogen-bond acceptors (Lipinski definition) is 5. The van der Waals surface area contributed by atoms with Gasteiger partial charge in [-0.15, -0.1) is 0 Å². The van der Waals surface area contributed by atoms with Crippen molar-refractivity contribution in [2.45, 2.75) is 12.3 Å². The number of aromatic nitrogens is 3.